The maximum Gasteiger partial charge on any atom is 0.250 e. The summed E-state index contributed by atoms with van der Waals surface area (Å²) < 4.78 is 1.77. The number of nitrogens with two attached hydrogens (primary N) is 1. The van der Waals surface area contributed by atoms with Gasteiger partial charge in [0.2, 0.25) is 5.91 Å². The number of hydrogen-bond donors (Lipinski definition) is 2. The van der Waals surface area contributed by atoms with Gasteiger partial charge in [-0.2, -0.15) is 5.10 Å². The van der Waals surface area contributed by atoms with Gasteiger partial charge in [0.1, 0.15) is 17.0 Å². The number of fused-ring (bicyclic) bond motifs is 1. The van der Waals surface area contributed by atoms with Crippen LogP contribution < -0.4 is 11.1 Å². The first-order valence-corrected chi connectivity index (χ1v) is 12.1. The van der Waals surface area contributed by atoms with Gasteiger partial charge >= 0.3 is 0 Å². The van der Waals surface area contributed by atoms with Gasteiger partial charge in [-0.25, -0.2) is 9.50 Å². The van der Waals surface area contributed by atoms with E-state index >= 15 is 0 Å². The van der Waals surface area contributed by atoms with Crippen molar-refractivity contribution in [1.29, 1.82) is 0 Å². The Morgan fingerprint density at radius 2 is 1.91 bits per heavy atom. The number of carbonyl (C=O) groups is 2. The molecule has 0 spiro atoms. The van der Waals surface area contributed by atoms with Gasteiger partial charge in [0.25, 0.3) is 5.91 Å². The molecule has 3 heterocycles. The summed E-state index contributed by atoms with van der Waals surface area (Å²) in [5.74, 6) is 0.526. The Balaban J connectivity index is 1.48. The number of anilines is 2. The zero-order chi connectivity index (χ0) is 24.5. The van der Waals surface area contributed by atoms with Gasteiger partial charge in [0, 0.05) is 53.8 Å². The Morgan fingerprint density at radius 1 is 1.17 bits per heavy atom. The molecule has 1 aliphatic heterocycles. The largest absolute Gasteiger partial charge is 0.382 e. The molecule has 1 atom stereocenters. The SMILES string of the molecule is C=C(C)C(=O)Nc1ccc(-c2nn3ccnc(N)c3c2C2=CC[C@@H](C(=O)N3CCCC3)CC2)cc1. The van der Waals surface area contributed by atoms with E-state index in [4.69, 9.17) is 10.8 Å². The molecule has 1 saturated heterocycles. The van der Waals surface area contributed by atoms with Crippen LogP contribution in [-0.4, -0.2) is 44.4 Å². The fourth-order valence-corrected chi connectivity index (χ4v) is 4.96. The highest BCUT2D eigenvalue weighted by molar-refractivity contribution is 6.03. The summed E-state index contributed by atoms with van der Waals surface area (Å²) >= 11 is 0. The number of rotatable bonds is 5. The van der Waals surface area contributed by atoms with E-state index < -0.39 is 0 Å². The van der Waals surface area contributed by atoms with Crippen molar-refractivity contribution in [1.82, 2.24) is 19.5 Å². The van der Waals surface area contributed by atoms with Crippen LogP contribution in [0.5, 0.6) is 0 Å². The van der Waals surface area contributed by atoms with Gasteiger partial charge in [0.15, 0.2) is 0 Å². The third-order valence-corrected chi connectivity index (χ3v) is 6.88. The van der Waals surface area contributed by atoms with E-state index in [0.717, 1.165) is 66.7 Å². The number of likely N-dealkylation sites (tertiary alicyclic amines) is 1. The second kappa shape index (κ2) is 9.37. The van der Waals surface area contributed by atoms with Gasteiger partial charge in [-0.1, -0.05) is 24.8 Å². The highest BCUT2D eigenvalue weighted by Gasteiger charge is 2.30. The Hall–Kier alpha value is -3.94. The second-order valence-electron chi connectivity index (χ2n) is 9.37. The van der Waals surface area contributed by atoms with Crippen LogP contribution in [0.2, 0.25) is 0 Å². The van der Waals surface area contributed by atoms with Gasteiger partial charge in [0.05, 0.1) is 0 Å². The first kappa shape index (κ1) is 22.8. The minimum absolute atomic E-state index is 0.0359. The molecule has 180 valence electrons. The average molecular weight is 471 g/mol. The van der Waals surface area contributed by atoms with E-state index in [0.29, 0.717) is 23.5 Å². The molecule has 3 N–H and O–H groups in total. The molecule has 1 aromatic carbocycles. The number of amides is 2. The van der Waals surface area contributed by atoms with Crippen molar-refractivity contribution in [2.45, 2.75) is 39.0 Å². The predicted molar refractivity (Wildman–Crippen MR) is 137 cm³/mol. The maximum absolute atomic E-state index is 12.9. The quantitative estimate of drug-likeness (QED) is 0.541. The van der Waals surface area contributed by atoms with Gasteiger partial charge in [-0.15, -0.1) is 0 Å². The number of nitrogens with zero attached hydrogens (tertiary/aromatic N) is 4. The van der Waals surface area contributed by atoms with Gasteiger partial charge in [-0.3, -0.25) is 9.59 Å². The lowest BCUT2D eigenvalue weighted by Gasteiger charge is -2.26. The minimum Gasteiger partial charge on any atom is -0.382 e. The van der Waals surface area contributed by atoms with E-state index in [1.54, 1.807) is 23.8 Å². The lowest BCUT2D eigenvalue weighted by atomic mass is 9.84. The Bertz CT molecular complexity index is 1330. The van der Waals surface area contributed by atoms with E-state index in [1.807, 2.05) is 29.2 Å². The summed E-state index contributed by atoms with van der Waals surface area (Å²) in [5.41, 5.74) is 12.0. The second-order valence-corrected chi connectivity index (χ2v) is 9.37. The van der Waals surface area contributed by atoms with Crippen molar-refractivity contribution in [2.75, 3.05) is 24.1 Å². The molecule has 0 saturated carbocycles. The van der Waals surface area contributed by atoms with Crippen LogP contribution in [0, 0.1) is 5.92 Å². The predicted octanol–water partition coefficient (Wildman–Crippen LogP) is 4.30. The number of carbonyl (C=O) groups excluding carboxylic acids is 2. The minimum atomic E-state index is -0.213. The van der Waals surface area contributed by atoms with Crippen molar-refractivity contribution in [2.24, 2.45) is 5.92 Å². The summed E-state index contributed by atoms with van der Waals surface area (Å²) in [7, 11) is 0. The zero-order valence-corrected chi connectivity index (χ0v) is 20.0. The van der Waals surface area contributed by atoms with Crippen molar-refractivity contribution >= 4 is 34.4 Å². The molecule has 3 aromatic rings. The normalized spacial score (nSPS) is 17.9. The monoisotopic (exact) mass is 470 g/mol. The van der Waals surface area contributed by atoms with E-state index in [2.05, 4.69) is 23.0 Å². The van der Waals surface area contributed by atoms with Crippen LogP contribution in [0.1, 0.15) is 44.6 Å². The molecule has 1 aliphatic carbocycles. The summed E-state index contributed by atoms with van der Waals surface area (Å²) in [6, 6.07) is 7.58. The Kier molecular flexibility index (Phi) is 6.11. The highest BCUT2D eigenvalue weighted by atomic mass is 16.2. The molecule has 35 heavy (non-hydrogen) atoms. The van der Waals surface area contributed by atoms with Crippen LogP contribution in [-0.2, 0) is 9.59 Å². The summed E-state index contributed by atoms with van der Waals surface area (Å²) in [6.45, 7) is 7.12. The van der Waals surface area contributed by atoms with Crippen molar-refractivity contribution in [3.63, 3.8) is 0 Å². The van der Waals surface area contributed by atoms with Crippen molar-refractivity contribution in [3.8, 4) is 11.3 Å². The molecule has 0 unspecified atom stereocenters. The number of allylic oxidation sites excluding steroid dienone is 2. The lowest BCUT2D eigenvalue weighted by molar-refractivity contribution is -0.134. The van der Waals surface area contributed by atoms with Crippen LogP contribution in [0.3, 0.4) is 0 Å². The molecular weight excluding hydrogens is 440 g/mol. The fraction of sp³-hybridized carbons (Fsp3) is 0.333. The van der Waals surface area contributed by atoms with Crippen LogP contribution in [0.15, 0.2) is 54.9 Å². The Labute approximate surface area is 204 Å². The average Bonchev–Trinajstić information content (AvgIpc) is 3.53. The van der Waals surface area contributed by atoms with Crippen molar-refractivity contribution in [3.05, 3.63) is 60.5 Å². The standard InChI is InChI=1S/C27H30N6O2/c1-17(2)26(34)30-21-11-9-19(10-12-21)23-22(24-25(28)29-13-16-33(24)31-23)18-5-7-20(8-6-18)27(35)32-14-3-4-15-32/h5,9-13,16,20H,1,3-4,6-8,14-15H2,2H3,(H2,28,29)(H,30,34)/t20-/m1/s1. The van der Waals surface area contributed by atoms with E-state index in [1.165, 1.54) is 0 Å². The number of nitrogens with one attached hydrogen (secondary N) is 1. The number of aromatic nitrogens is 3. The molecular formula is C27H30N6O2. The lowest BCUT2D eigenvalue weighted by Crippen LogP contribution is -2.34. The summed E-state index contributed by atoms with van der Waals surface area (Å²) in [6.07, 6.45) is 10.1. The first-order chi connectivity index (χ1) is 16.9. The van der Waals surface area contributed by atoms with Gasteiger partial charge in [-0.05, 0) is 56.7 Å². The highest BCUT2D eigenvalue weighted by Crippen LogP contribution is 2.40. The third-order valence-electron chi connectivity index (χ3n) is 6.88. The zero-order valence-electron chi connectivity index (χ0n) is 20.0. The van der Waals surface area contributed by atoms with Crippen LogP contribution in [0.4, 0.5) is 11.5 Å². The maximum atomic E-state index is 12.9. The molecule has 5 rings (SSSR count). The molecule has 8 heteroatoms. The molecule has 0 bridgehead atoms. The Morgan fingerprint density at radius 3 is 2.57 bits per heavy atom. The molecule has 2 aliphatic rings. The summed E-state index contributed by atoms with van der Waals surface area (Å²) in [5, 5.41) is 7.66. The third kappa shape index (κ3) is 4.43. The molecule has 0 radical (unpaired) electrons. The van der Waals surface area contributed by atoms with Crippen molar-refractivity contribution < 1.29 is 9.59 Å². The molecule has 1 fully saturated rings. The smallest absolute Gasteiger partial charge is 0.250 e. The van der Waals surface area contributed by atoms with Crippen LogP contribution in [0.25, 0.3) is 22.3 Å². The number of nitrogen functional groups attached to an aromatic ring is 1. The van der Waals surface area contributed by atoms with E-state index in [-0.39, 0.29) is 17.7 Å². The number of benzene rings is 1. The van der Waals surface area contributed by atoms with Gasteiger partial charge < -0.3 is 16.0 Å². The fourth-order valence-electron chi connectivity index (χ4n) is 4.96. The number of hydrogen-bond acceptors (Lipinski definition) is 5. The molecule has 2 aromatic heterocycles. The van der Waals surface area contributed by atoms with Crippen LogP contribution >= 0.6 is 0 Å². The molecule has 8 nitrogen and oxygen atoms in total. The molecule has 2 amide bonds. The summed E-state index contributed by atoms with van der Waals surface area (Å²) in [4.78, 5) is 31.2. The van der Waals surface area contributed by atoms with E-state index in [9.17, 15) is 9.59 Å². The first-order valence-electron chi connectivity index (χ1n) is 12.1. The topological polar surface area (TPSA) is 106 Å².